The normalized spacial score (nSPS) is 10.1. The van der Waals surface area contributed by atoms with Crippen molar-refractivity contribution in [2.24, 2.45) is 0 Å². The van der Waals surface area contributed by atoms with Crippen molar-refractivity contribution in [2.75, 3.05) is 5.73 Å². The summed E-state index contributed by atoms with van der Waals surface area (Å²) in [5.74, 6) is 1.41. The number of nitrogens with zero attached hydrogens (tertiary/aromatic N) is 1. The van der Waals surface area contributed by atoms with Crippen molar-refractivity contribution < 1.29 is 4.74 Å². The van der Waals surface area contributed by atoms with Gasteiger partial charge in [-0.1, -0.05) is 25.1 Å². The van der Waals surface area contributed by atoms with Crippen molar-refractivity contribution >= 4 is 5.69 Å². The molecule has 1 aromatic heterocycles. The van der Waals surface area contributed by atoms with Gasteiger partial charge in [-0.15, -0.1) is 0 Å². The van der Waals surface area contributed by atoms with Crippen LogP contribution >= 0.6 is 0 Å². The number of ether oxygens (including phenoxy) is 1. The predicted octanol–water partition coefficient (Wildman–Crippen LogP) is 3.02. The Morgan fingerprint density at radius 2 is 2.00 bits per heavy atom. The molecule has 0 radical (unpaired) electrons. The maximum absolute atomic E-state index is 5.69. The summed E-state index contributed by atoms with van der Waals surface area (Å²) >= 11 is 0. The summed E-state index contributed by atoms with van der Waals surface area (Å²) in [6, 6.07) is 11.5. The number of anilines is 1. The highest BCUT2D eigenvalue weighted by Gasteiger charge is 2.02. The maximum Gasteiger partial charge on any atom is 0.219 e. The van der Waals surface area contributed by atoms with Gasteiger partial charge in [0.15, 0.2) is 0 Å². The molecule has 0 aliphatic carbocycles. The van der Waals surface area contributed by atoms with Crippen molar-refractivity contribution in [1.82, 2.24) is 4.98 Å². The lowest BCUT2D eigenvalue weighted by atomic mass is 10.1. The van der Waals surface area contributed by atoms with E-state index >= 15 is 0 Å². The lowest BCUT2D eigenvalue weighted by Gasteiger charge is -2.08. The molecule has 16 heavy (non-hydrogen) atoms. The molecule has 0 amide bonds. The molecule has 1 aromatic carbocycles. The van der Waals surface area contributed by atoms with Crippen LogP contribution in [0.1, 0.15) is 12.5 Å². The van der Waals surface area contributed by atoms with Gasteiger partial charge in [-0.05, 0) is 24.1 Å². The van der Waals surface area contributed by atoms with Crippen LogP contribution in [0.2, 0.25) is 0 Å². The number of aromatic nitrogens is 1. The summed E-state index contributed by atoms with van der Waals surface area (Å²) in [4.78, 5) is 4.10. The molecule has 0 bridgehead atoms. The first-order chi connectivity index (χ1) is 7.79. The van der Waals surface area contributed by atoms with E-state index in [9.17, 15) is 0 Å². The van der Waals surface area contributed by atoms with E-state index in [2.05, 4.69) is 11.9 Å². The van der Waals surface area contributed by atoms with Crippen LogP contribution in [0.25, 0.3) is 0 Å². The summed E-state index contributed by atoms with van der Waals surface area (Å²) < 4.78 is 5.69. The van der Waals surface area contributed by atoms with Gasteiger partial charge in [0, 0.05) is 6.07 Å². The third-order valence-corrected chi connectivity index (χ3v) is 2.33. The van der Waals surface area contributed by atoms with Gasteiger partial charge in [0.05, 0.1) is 11.9 Å². The summed E-state index contributed by atoms with van der Waals surface area (Å²) in [7, 11) is 0. The minimum atomic E-state index is 0.565. The highest BCUT2D eigenvalue weighted by Crippen LogP contribution is 2.24. The van der Waals surface area contributed by atoms with E-state index in [-0.39, 0.29) is 0 Å². The fourth-order valence-electron chi connectivity index (χ4n) is 1.46. The van der Waals surface area contributed by atoms with Crippen LogP contribution in [-0.4, -0.2) is 4.98 Å². The topological polar surface area (TPSA) is 48.1 Å². The van der Waals surface area contributed by atoms with Crippen LogP contribution < -0.4 is 10.5 Å². The van der Waals surface area contributed by atoms with E-state index in [1.54, 1.807) is 18.3 Å². The number of hydrogen-bond acceptors (Lipinski definition) is 3. The van der Waals surface area contributed by atoms with Crippen molar-refractivity contribution in [3.8, 4) is 11.6 Å². The highest BCUT2D eigenvalue weighted by atomic mass is 16.5. The SMILES string of the molecule is CCc1ccccc1Oc1ccc(N)cn1. The molecular formula is C13H14N2O. The number of nitrogens with two attached hydrogens (primary N) is 1. The maximum atomic E-state index is 5.69. The van der Waals surface area contributed by atoms with Crippen LogP contribution in [0.4, 0.5) is 5.69 Å². The van der Waals surface area contributed by atoms with Gasteiger partial charge >= 0.3 is 0 Å². The molecule has 0 aliphatic heterocycles. The van der Waals surface area contributed by atoms with Gasteiger partial charge in [-0.25, -0.2) is 4.98 Å². The zero-order valence-corrected chi connectivity index (χ0v) is 9.18. The van der Waals surface area contributed by atoms with Gasteiger partial charge in [0.25, 0.3) is 0 Å². The van der Waals surface area contributed by atoms with Gasteiger partial charge in [0.1, 0.15) is 5.75 Å². The molecule has 0 aliphatic rings. The molecule has 2 rings (SSSR count). The van der Waals surface area contributed by atoms with Crippen molar-refractivity contribution in [3.63, 3.8) is 0 Å². The van der Waals surface area contributed by atoms with Gasteiger partial charge in [0.2, 0.25) is 5.88 Å². The smallest absolute Gasteiger partial charge is 0.219 e. The average Bonchev–Trinajstić information content (AvgIpc) is 2.33. The van der Waals surface area contributed by atoms with E-state index in [4.69, 9.17) is 10.5 Å². The number of rotatable bonds is 3. The first kappa shape index (κ1) is 10.5. The van der Waals surface area contributed by atoms with Crippen LogP contribution in [-0.2, 0) is 6.42 Å². The molecule has 0 atom stereocenters. The highest BCUT2D eigenvalue weighted by molar-refractivity contribution is 5.39. The molecule has 3 heteroatoms. The van der Waals surface area contributed by atoms with E-state index < -0.39 is 0 Å². The Balaban J connectivity index is 2.23. The number of aryl methyl sites for hydroxylation is 1. The van der Waals surface area contributed by atoms with Crippen molar-refractivity contribution in [2.45, 2.75) is 13.3 Å². The summed E-state index contributed by atoms with van der Waals surface area (Å²) in [5, 5.41) is 0. The number of benzene rings is 1. The van der Waals surface area contributed by atoms with Gasteiger partial charge < -0.3 is 10.5 Å². The molecule has 82 valence electrons. The van der Waals surface area contributed by atoms with Crippen LogP contribution in [0, 0.1) is 0 Å². The zero-order chi connectivity index (χ0) is 11.4. The Bertz CT molecular complexity index is 466. The molecule has 0 saturated carbocycles. The third-order valence-electron chi connectivity index (χ3n) is 2.33. The molecular weight excluding hydrogens is 200 g/mol. The second-order valence-corrected chi connectivity index (χ2v) is 3.49. The van der Waals surface area contributed by atoms with Crippen LogP contribution in [0.15, 0.2) is 42.6 Å². The standard InChI is InChI=1S/C13H14N2O/c1-2-10-5-3-4-6-12(10)16-13-8-7-11(14)9-15-13/h3-9H,2,14H2,1H3. The summed E-state index contributed by atoms with van der Waals surface area (Å²) in [6.45, 7) is 2.10. The van der Waals surface area contributed by atoms with E-state index in [1.165, 1.54) is 5.56 Å². The molecule has 0 saturated heterocycles. The van der Waals surface area contributed by atoms with E-state index in [0.29, 0.717) is 11.6 Å². The lowest BCUT2D eigenvalue weighted by molar-refractivity contribution is 0.458. The lowest BCUT2D eigenvalue weighted by Crippen LogP contribution is -1.93. The predicted molar refractivity (Wildman–Crippen MR) is 64.5 cm³/mol. The second-order valence-electron chi connectivity index (χ2n) is 3.49. The number of nitrogen functional groups attached to an aromatic ring is 1. The summed E-state index contributed by atoms with van der Waals surface area (Å²) in [5.41, 5.74) is 7.36. The van der Waals surface area contributed by atoms with Crippen LogP contribution in [0.5, 0.6) is 11.6 Å². The first-order valence-corrected chi connectivity index (χ1v) is 5.27. The Morgan fingerprint density at radius 3 is 2.69 bits per heavy atom. The minimum Gasteiger partial charge on any atom is -0.439 e. The fraction of sp³-hybridized carbons (Fsp3) is 0.154. The molecule has 0 fully saturated rings. The second kappa shape index (κ2) is 4.66. The quantitative estimate of drug-likeness (QED) is 0.854. The number of pyridine rings is 1. The molecule has 3 nitrogen and oxygen atoms in total. The largest absolute Gasteiger partial charge is 0.439 e. The summed E-state index contributed by atoms with van der Waals surface area (Å²) in [6.07, 6.45) is 2.52. The Morgan fingerprint density at radius 1 is 1.19 bits per heavy atom. The van der Waals surface area contributed by atoms with E-state index in [0.717, 1.165) is 12.2 Å². The Labute approximate surface area is 94.9 Å². The molecule has 2 aromatic rings. The Hall–Kier alpha value is -2.03. The van der Waals surface area contributed by atoms with Gasteiger partial charge in [-0.3, -0.25) is 0 Å². The molecule has 1 heterocycles. The molecule has 0 spiro atoms. The first-order valence-electron chi connectivity index (χ1n) is 5.27. The molecule has 2 N–H and O–H groups in total. The Kier molecular flexibility index (Phi) is 3.05. The van der Waals surface area contributed by atoms with Crippen LogP contribution in [0.3, 0.4) is 0 Å². The molecule has 0 unspecified atom stereocenters. The van der Waals surface area contributed by atoms with Crippen molar-refractivity contribution in [3.05, 3.63) is 48.2 Å². The van der Waals surface area contributed by atoms with Crippen molar-refractivity contribution in [1.29, 1.82) is 0 Å². The third kappa shape index (κ3) is 2.31. The zero-order valence-electron chi connectivity index (χ0n) is 9.18. The minimum absolute atomic E-state index is 0.565. The number of para-hydroxylation sites is 1. The monoisotopic (exact) mass is 214 g/mol. The average molecular weight is 214 g/mol. The van der Waals surface area contributed by atoms with E-state index in [1.807, 2.05) is 24.3 Å². The number of hydrogen-bond donors (Lipinski definition) is 1. The fourth-order valence-corrected chi connectivity index (χ4v) is 1.46. The van der Waals surface area contributed by atoms with Gasteiger partial charge in [-0.2, -0.15) is 0 Å².